The Labute approximate surface area is 150 Å². The van der Waals surface area contributed by atoms with Crippen LogP contribution in [0.4, 0.5) is 11.4 Å². The van der Waals surface area contributed by atoms with Crippen LogP contribution >= 0.6 is 0 Å². The number of rotatable bonds is 5. The highest BCUT2D eigenvalue weighted by atomic mass is 16.5. The number of amides is 3. The zero-order valence-corrected chi connectivity index (χ0v) is 14.3. The molecule has 0 aliphatic carbocycles. The quantitative estimate of drug-likeness (QED) is 0.855. The van der Waals surface area contributed by atoms with Gasteiger partial charge in [-0.25, -0.2) is 0 Å². The molecule has 3 N–H and O–H groups in total. The van der Waals surface area contributed by atoms with Gasteiger partial charge in [-0.1, -0.05) is 6.07 Å². The number of anilines is 2. The van der Waals surface area contributed by atoms with Crippen molar-refractivity contribution in [2.75, 3.05) is 23.9 Å². The van der Waals surface area contributed by atoms with Crippen molar-refractivity contribution < 1.29 is 19.1 Å². The van der Waals surface area contributed by atoms with Crippen LogP contribution in [0.15, 0.2) is 48.5 Å². The number of benzene rings is 2. The number of primary amides is 1. The Balaban J connectivity index is 1.68. The second kappa shape index (κ2) is 7.26. The highest BCUT2D eigenvalue weighted by Crippen LogP contribution is 2.27. The summed E-state index contributed by atoms with van der Waals surface area (Å²) in [5, 5.41) is 2.74. The number of hydrogen-bond donors (Lipinski definition) is 2. The van der Waals surface area contributed by atoms with E-state index in [4.69, 9.17) is 10.5 Å². The van der Waals surface area contributed by atoms with Gasteiger partial charge >= 0.3 is 0 Å². The first-order chi connectivity index (χ1) is 12.5. The Morgan fingerprint density at radius 3 is 2.58 bits per heavy atom. The molecule has 3 amide bonds. The number of ether oxygens (including phenoxy) is 1. The lowest BCUT2D eigenvalue weighted by Gasteiger charge is -2.17. The molecule has 0 aromatic heterocycles. The Morgan fingerprint density at radius 1 is 1.19 bits per heavy atom. The lowest BCUT2D eigenvalue weighted by molar-refractivity contribution is -0.122. The number of nitrogens with one attached hydrogen (secondary N) is 1. The van der Waals surface area contributed by atoms with E-state index in [2.05, 4.69) is 5.32 Å². The van der Waals surface area contributed by atoms with Gasteiger partial charge in [0.15, 0.2) is 0 Å². The molecule has 0 radical (unpaired) electrons. The van der Waals surface area contributed by atoms with E-state index < -0.39 is 11.8 Å². The number of carbonyl (C=O) groups excluding carboxylic acids is 3. The molecule has 2 aromatic carbocycles. The van der Waals surface area contributed by atoms with Crippen LogP contribution in [0.1, 0.15) is 16.8 Å². The summed E-state index contributed by atoms with van der Waals surface area (Å²) < 4.78 is 5.11. The fourth-order valence-electron chi connectivity index (χ4n) is 2.89. The van der Waals surface area contributed by atoms with Crippen molar-refractivity contribution in [3.63, 3.8) is 0 Å². The molecular formula is C19H19N3O4. The Bertz CT molecular complexity index is 848. The summed E-state index contributed by atoms with van der Waals surface area (Å²) >= 11 is 0. The first kappa shape index (κ1) is 17.5. The average molecular weight is 353 g/mol. The molecule has 3 rings (SSSR count). The molecule has 7 heteroatoms. The minimum atomic E-state index is -0.567. The van der Waals surface area contributed by atoms with Crippen LogP contribution in [0.5, 0.6) is 5.75 Å². The number of nitrogens with two attached hydrogens (primary N) is 1. The molecule has 1 fully saturated rings. The zero-order chi connectivity index (χ0) is 18.7. The van der Waals surface area contributed by atoms with Gasteiger partial charge in [0, 0.05) is 29.9 Å². The molecule has 1 saturated heterocycles. The van der Waals surface area contributed by atoms with Crippen molar-refractivity contribution in [1.29, 1.82) is 0 Å². The maximum Gasteiger partial charge on any atom is 0.248 e. The van der Waals surface area contributed by atoms with E-state index >= 15 is 0 Å². The van der Waals surface area contributed by atoms with Gasteiger partial charge < -0.3 is 20.7 Å². The first-order valence-corrected chi connectivity index (χ1v) is 8.13. The smallest absolute Gasteiger partial charge is 0.248 e. The van der Waals surface area contributed by atoms with Gasteiger partial charge in [0.2, 0.25) is 17.7 Å². The molecule has 0 bridgehead atoms. The summed E-state index contributed by atoms with van der Waals surface area (Å²) in [6, 6.07) is 13.5. The second-order valence-electron chi connectivity index (χ2n) is 6.04. The predicted octanol–water partition coefficient (Wildman–Crippen LogP) is 1.79. The number of methoxy groups -OCH3 is 1. The van der Waals surface area contributed by atoms with E-state index in [1.807, 2.05) is 0 Å². The van der Waals surface area contributed by atoms with Gasteiger partial charge in [-0.15, -0.1) is 0 Å². The first-order valence-electron chi connectivity index (χ1n) is 8.13. The minimum absolute atomic E-state index is 0.110. The third-order valence-electron chi connectivity index (χ3n) is 4.29. The SMILES string of the molecule is COc1ccc(N2CC(C(=O)Nc3cccc(C(N)=O)c3)CC2=O)cc1. The van der Waals surface area contributed by atoms with Crippen LogP contribution in [0, 0.1) is 5.92 Å². The second-order valence-corrected chi connectivity index (χ2v) is 6.04. The Morgan fingerprint density at radius 2 is 1.92 bits per heavy atom. The Hall–Kier alpha value is -3.35. The number of carbonyl (C=O) groups is 3. The van der Waals surface area contributed by atoms with Crippen LogP contribution in [0.25, 0.3) is 0 Å². The molecule has 26 heavy (non-hydrogen) atoms. The van der Waals surface area contributed by atoms with E-state index in [-0.39, 0.29) is 18.2 Å². The molecule has 1 heterocycles. The third kappa shape index (κ3) is 3.66. The highest BCUT2D eigenvalue weighted by molar-refractivity contribution is 6.04. The summed E-state index contributed by atoms with van der Waals surface area (Å²) in [4.78, 5) is 37.6. The molecule has 1 aliphatic rings. The fraction of sp³-hybridized carbons (Fsp3) is 0.211. The van der Waals surface area contributed by atoms with Gasteiger partial charge in [0.25, 0.3) is 0 Å². The van der Waals surface area contributed by atoms with E-state index in [0.717, 1.165) is 5.69 Å². The van der Waals surface area contributed by atoms with Crippen LogP contribution in [-0.2, 0) is 9.59 Å². The zero-order valence-electron chi connectivity index (χ0n) is 14.3. The largest absolute Gasteiger partial charge is 0.497 e. The molecule has 0 spiro atoms. The lowest BCUT2D eigenvalue weighted by atomic mass is 10.1. The van der Waals surface area contributed by atoms with Crippen molar-refractivity contribution >= 4 is 29.1 Å². The summed E-state index contributed by atoms with van der Waals surface area (Å²) in [6.07, 6.45) is 0.132. The number of nitrogens with zero attached hydrogens (tertiary/aromatic N) is 1. The van der Waals surface area contributed by atoms with Crippen molar-refractivity contribution in [3.05, 3.63) is 54.1 Å². The summed E-state index contributed by atoms with van der Waals surface area (Å²) in [7, 11) is 1.57. The molecule has 1 atom stereocenters. The van der Waals surface area contributed by atoms with Crippen molar-refractivity contribution in [2.24, 2.45) is 11.7 Å². The van der Waals surface area contributed by atoms with Gasteiger partial charge in [0.1, 0.15) is 5.75 Å². The minimum Gasteiger partial charge on any atom is -0.497 e. The van der Waals surface area contributed by atoms with E-state index in [0.29, 0.717) is 23.5 Å². The fourth-order valence-corrected chi connectivity index (χ4v) is 2.89. The van der Waals surface area contributed by atoms with Gasteiger partial charge in [-0.05, 0) is 42.5 Å². The normalized spacial score (nSPS) is 16.4. The molecule has 7 nitrogen and oxygen atoms in total. The van der Waals surface area contributed by atoms with Crippen molar-refractivity contribution in [3.8, 4) is 5.75 Å². The molecule has 2 aromatic rings. The summed E-state index contributed by atoms with van der Waals surface area (Å²) in [5.74, 6) is -0.717. The van der Waals surface area contributed by atoms with Crippen LogP contribution in [0.2, 0.25) is 0 Å². The maximum atomic E-state index is 12.5. The van der Waals surface area contributed by atoms with Crippen LogP contribution in [0.3, 0.4) is 0 Å². The van der Waals surface area contributed by atoms with Crippen molar-refractivity contribution in [2.45, 2.75) is 6.42 Å². The van der Waals surface area contributed by atoms with Crippen LogP contribution in [-0.4, -0.2) is 31.4 Å². The third-order valence-corrected chi connectivity index (χ3v) is 4.29. The molecular weight excluding hydrogens is 334 g/mol. The lowest BCUT2D eigenvalue weighted by Crippen LogP contribution is -2.28. The van der Waals surface area contributed by atoms with E-state index in [1.165, 1.54) is 6.07 Å². The topological polar surface area (TPSA) is 102 Å². The molecule has 0 saturated carbocycles. The standard InChI is InChI=1S/C19H19N3O4/c1-26-16-7-5-15(6-8-16)22-11-13(10-17(22)23)19(25)21-14-4-2-3-12(9-14)18(20)24/h2-9,13H,10-11H2,1H3,(H2,20,24)(H,21,25). The predicted molar refractivity (Wildman–Crippen MR) is 97.0 cm³/mol. The average Bonchev–Trinajstić information content (AvgIpc) is 3.04. The van der Waals surface area contributed by atoms with Crippen molar-refractivity contribution in [1.82, 2.24) is 0 Å². The molecule has 1 aliphatic heterocycles. The highest BCUT2D eigenvalue weighted by Gasteiger charge is 2.35. The van der Waals surface area contributed by atoms with Gasteiger partial charge in [-0.3, -0.25) is 14.4 Å². The van der Waals surface area contributed by atoms with E-state index in [9.17, 15) is 14.4 Å². The molecule has 134 valence electrons. The number of hydrogen-bond acceptors (Lipinski definition) is 4. The van der Waals surface area contributed by atoms with E-state index in [1.54, 1.807) is 54.5 Å². The van der Waals surface area contributed by atoms with Gasteiger partial charge in [0.05, 0.1) is 13.0 Å². The summed E-state index contributed by atoms with van der Waals surface area (Å²) in [6.45, 7) is 0.298. The monoisotopic (exact) mass is 353 g/mol. The van der Waals surface area contributed by atoms with Crippen LogP contribution < -0.4 is 20.7 Å². The maximum absolute atomic E-state index is 12.5. The summed E-state index contributed by atoms with van der Waals surface area (Å²) in [5.41, 5.74) is 6.75. The molecule has 1 unspecified atom stereocenters. The Kier molecular flexibility index (Phi) is 4.88. The van der Waals surface area contributed by atoms with Gasteiger partial charge in [-0.2, -0.15) is 0 Å².